The molecule has 0 aliphatic carbocycles. The van der Waals surface area contributed by atoms with Gasteiger partial charge in [-0.3, -0.25) is 4.90 Å². The summed E-state index contributed by atoms with van der Waals surface area (Å²) >= 11 is 4.68. The van der Waals surface area contributed by atoms with Crippen LogP contribution >= 0.6 is 12.2 Å². The summed E-state index contributed by atoms with van der Waals surface area (Å²) in [5, 5.41) is 18.0. The van der Waals surface area contributed by atoms with Gasteiger partial charge < -0.3 is 31.5 Å². The largest absolute Gasteiger partial charge is 0.465 e. The summed E-state index contributed by atoms with van der Waals surface area (Å²) in [7, 11) is 0. The standard InChI is InChI=1S/C10H20N2O2.C7H13N3O2S/c1-10(2,3)14-9(13)12-8-4-6-11-7-5-8;8-6(13)10(7(11)12)5-1-3-9-4-2-5/h8,11H,4-7H2,1-3H3,(H,12,13);5,9H,1-4H2,(H2,8,13)(H,11,12). The molecule has 10 heteroatoms. The fourth-order valence-electron chi connectivity index (χ4n) is 2.94. The second-order valence-corrected chi connectivity index (χ2v) is 8.06. The molecule has 0 aromatic rings. The van der Waals surface area contributed by atoms with Crippen LogP contribution in [-0.4, -0.2) is 71.2 Å². The van der Waals surface area contributed by atoms with E-state index in [1.807, 2.05) is 20.8 Å². The molecule has 0 atom stereocenters. The first-order chi connectivity index (χ1) is 12.6. The highest BCUT2D eigenvalue weighted by atomic mass is 32.1. The predicted molar refractivity (Wildman–Crippen MR) is 108 cm³/mol. The molecule has 0 aromatic heterocycles. The van der Waals surface area contributed by atoms with Gasteiger partial charge in [-0.2, -0.15) is 0 Å². The molecule has 0 spiro atoms. The molecule has 0 radical (unpaired) electrons. The van der Waals surface area contributed by atoms with Crippen LogP contribution in [0.5, 0.6) is 0 Å². The van der Waals surface area contributed by atoms with E-state index in [2.05, 4.69) is 28.2 Å². The molecule has 2 rings (SSSR count). The first-order valence-corrected chi connectivity index (χ1v) is 9.73. The summed E-state index contributed by atoms with van der Waals surface area (Å²) in [4.78, 5) is 23.2. The van der Waals surface area contributed by atoms with Gasteiger partial charge in [-0.1, -0.05) is 0 Å². The van der Waals surface area contributed by atoms with E-state index >= 15 is 0 Å². The SMILES string of the molecule is CC(C)(C)OC(=O)NC1CCNCC1.NC(=S)N(C(=O)O)C1CCNCC1. The Morgan fingerprint density at radius 1 is 1.11 bits per heavy atom. The Labute approximate surface area is 166 Å². The number of thiocarbonyl (C=S) groups is 1. The molecule has 2 heterocycles. The smallest absolute Gasteiger partial charge is 0.413 e. The van der Waals surface area contributed by atoms with Crippen LogP contribution < -0.4 is 21.7 Å². The van der Waals surface area contributed by atoms with E-state index in [0.717, 1.165) is 56.8 Å². The topological polar surface area (TPSA) is 129 Å². The molecule has 9 nitrogen and oxygen atoms in total. The van der Waals surface area contributed by atoms with Gasteiger partial charge in [-0.25, -0.2) is 9.59 Å². The average molecular weight is 404 g/mol. The first-order valence-electron chi connectivity index (χ1n) is 9.32. The van der Waals surface area contributed by atoms with Gasteiger partial charge in [0.1, 0.15) is 5.60 Å². The van der Waals surface area contributed by atoms with E-state index in [9.17, 15) is 9.59 Å². The summed E-state index contributed by atoms with van der Waals surface area (Å²) in [5.74, 6) is 0. The van der Waals surface area contributed by atoms with Gasteiger partial charge in [0.15, 0.2) is 5.11 Å². The number of carbonyl (C=O) groups excluding carboxylic acids is 1. The molecule has 0 unspecified atom stereocenters. The van der Waals surface area contributed by atoms with E-state index in [0.29, 0.717) is 0 Å². The predicted octanol–water partition coefficient (Wildman–Crippen LogP) is 1.23. The number of rotatable bonds is 2. The van der Waals surface area contributed by atoms with Gasteiger partial charge in [0.2, 0.25) is 0 Å². The summed E-state index contributed by atoms with van der Waals surface area (Å²) in [6.07, 6.45) is 2.15. The summed E-state index contributed by atoms with van der Waals surface area (Å²) < 4.78 is 5.17. The number of hydrogen-bond acceptors (Lipinski definition) is 6. The fourth-order valence-corrected chi connectivity index (χ4v) is 3.16. The fraction of sp³-hybridized carbons (Fsp3) is 0.824. The third-order valence-electron chi connectivity index (χ3n) is 4.18. The normalized spacial score (nSPS) is 18.6. The lowest BCUT2D eigenvalue weighted by atomic mass is 10.1. The maximum absolute atomic E-state index is 11.4. The number of piperidine rings is 2. The molecule has 0 aromatic carbocycles. The minimum Gasteiger partial charge on any atom is -0.465 e. The Morgan fingerprint density at radius 2 is 1.59 bits per heavy atom. The molecule has 2 saturated heterocycles. The Hall–Kier alpha value is -1.65. The van der Waals surface area contributed by atoms with Crippen molar-refractivity contribution in [1.82, 2.24) is 20.9 Å². The van der Waals surface area contributed by atoms with Crippen LogP contribution in [0.2, 0.25) is 0 Å². The minimum atomic E-state index is -1.06. The molecular weight excluding hydrogens is 370 g/mol. The minimum absolute atomic E-state index is 0.0561. The van der Waals surface area contributed by atoms with Crippen molar-refractivity contribution < 1.29 is 19.4 Å². The quantitative estimate of drug-likeness (QED) is 0.435. The first kappa shape index (κ1) is 23.4. The maximum atomic E-state index is 11.4. The number of nitrogens with two attached hydrogens (primary N) is 1. The highest BCUT2D eigenvalue weighted by molar-refractivity contribution is 7.80. The van der Waals surface area contributed by atoms with Crippen LogP contribution in [0.15, 0.2) is 0 Å². The van der Waals surface area contributed by atoms with E-state index in [1.54, 1.807) is 0 Å². The summed E-state index contributed by atoms with van der Waals surface area (Å²) in [6.45, 7) is 9.19. The van der Waals surface area contributed by atoms with Crippen molar-refractivity contribution >= 4 is 29.5 Å². The van der Waals surface area contributed by atoms with Crippen molar-refractivity contribution in [3.8, 4) is 0 Å². The Kier molecular flexibility index (Phi) is 9.75. The van der Waals surface area contributed by atoms with Crippen LogP contribution in [0.25, 0.3) is 0 Å². The number of hydrogen-bond donors (Lipinski definition) is 5. The van der Waals surface area contributed by atoms with Gasteiger partial charge in [0, 0.05) is 12.1 Å². The molecule has 2 aliphatic rings. The van der Waals surface area contributed by atoms with Crippen molar-refractivity contribution in [3.63, 3.8) is 0 Å². The van der Waals surface area contributed by atoms with Gasteiger partial charge in [-0.05, 0) is 84.9 Å². The van der Waals surface area contributed by atoms with E-state index in [-0.39, 0.29) is 23.3 Å². The van der Waals surface area contributed by atoms with Crippen molar-refractivity contribution in [1.29, 1.82) is 0 Å². The number of carboxylic acid groups (broad SMARTS) is 1. The molecule has 0 bridgehead atoms. The highest BCUT2D eigenvalue weighted by Gasteiger charge is 2.26. The summed E-state index contributed by atoms with van der Waals surface area (Å²) in [5.41, 5.74) is 4.92. The number of carbonyl (C=O) groups is 2. The highest BCUT2D eigenvalue weighted by Crippen LogP contribution is 2.11. The molecule has 27 heavy (non-hydrogen) atoms. The Balaban J connectivity index is 0.000000271. The molecule has 6 N–H and O–H groups in total. The number of nitrogens with one attached hydrogen (secondary N) is 3. The molecular formula is C17H33N5O4S. The van der Waals surface area contributed by atoms with Crippen LogP contribution in [0.4, 0.5) is 9.59 Å². The number of nitrogens with zero attached hydrogens (tertiary/aromatic N) is 1. The zero-order valence-electron chi connectivity index (χ0n) is 16.4. The monoisotopic (exact) mass is 403 g/mol. The third kappa shape index (κ3) is 9.73. The van der Waals surface area contributed by atoms with Crippen LogP contribution in [0, 0.1) is 0 Å². The Bertz CT molecular complexity index is 486. The Morgan fingerprint density at radius 3 is 2.00 bits per heavy atom. The van der Waals surface area contributed by atoms with Crippen molar-refractivity contribution in [3.05, 3.63) is 0 Å². The second-order valence-electron chi connectivity index (χ2n) is 7.64. The van der Waals surface area contributed by atoms with Crippen LogP contribution in [-0.2, 0) is 4.74 Å². The lowest BCUT2D eigenvalue weighted by molar-refractivity contribution is 0.0495. The molecule has 0 saturated carbocycles. The van der Waals surface area contributed by atoms with Gasteiger partial charge in [-0.15, -0.1) is 0 Å². The molecule has 2 fully saturated rings. The van der Waals surface area contributed by atoms with Crippen LogP contribution in [0.3, 0.4) is 0 Å². The van der Waals surface area contributed by atoms with Crippen molar-refractivity contribution in [2.75, 3.05) is 26.2 Å². The number of amides is 2. The molecule has 156 valence electrons. The van der Waals surface area contributed by atoms with Gasteiger partial charge in [0.05, 0.1) is 0 Å². The number of ether oxygens (including phenoxy) is 1. The van der Waals surface area contributed by atoms with E-state index in [1.165, 1.54) is 0 Å². The van der Waals surface area contributed by atoms with Crippen molar-refractivity contribution in [2.24, 2.45) is 5.73 Å². The third-order valence-corrected chi connectivity index (χ3v) is 4.37. The lowest BCUT2D eigenvalue weighted by Gasteiger charge is -2.31. The van der Waals surface area contributed by atoms with Gasteiger partial charge >= 0.3 is 12.2 Å². The van der Waals surface area contributed by atoms with E-state index < -0.39 is 11.7 Å². The molecule has 2 aliphatic heterocycles. The van der Waals surface area contributed by atoms with Crippen molar-refractivity contribution in [2.45, 2.75) is 64.1 Å². The van der Waals surface area contributed by atoms with E-state index in [4.69, 9.17) is 15.6 Å². The zero-order valence-corrected chi connectivity index (χ0v) is 17.2. The lowest BCUT2D eigenvalue weighted by Crippen LogP contribution is -2.50. The van der Waals surface area contributed by atoms with Crippen LogP contribution in [0.1, 0.15) is 46.5 Å². The second kappa shape index (κ2) is 11.3. The van der Waals surface area contributed by atoms with Gasteiger partial charge in [0.25, 0.3) is 0 Å². The maximum Gasteiger partial charge on any atom is 0.413 e. The summed E-state index contributed by atoms with van der Waals surface area (Å²) in [6, 6.07) is 0.211. The average Bonchev–Trinajstić information content (AvgIpc) is 2.55. The zero-order chi connectivity index (χ0) is 20.4. The molecule has 2 amide bonds. The number of alkyl carbamates (subject to hydrolysis) is 1.